The molecular weight excluding hydrogens is 408 g/mol. The Bertz CT molecular complexity index is 991. The average molecular weight is 425 g/mol. The molecule has 0 spiro atoms. The predicted molar refractivity (Wildman–Crippen MR) is 108 cm³/mol. The molecule has 27 heavy (non-hydrogen) atoms. The Labute approximate surface area is 166 Å². The van der Waals surface area contributed by atoms with E-state index in [2.05, 4.69) is 10.6 Å². The van der Waals surface area contributed by atoms with Gasteiger partial charge in [-0.15, -0.1) is 11.8 Å². The van der Waals surface area contributed by atoms with Crippen LogP contribution in [-0.4, -0.2) is 31.7 Å². The summed E-state index contributed by atoms with van der Waals surface area (Å²) < 4.78 is 22.6. The van der Waals surface area contributed by atoms with E-state index in [4.69, 9.17) is 11.6 Å². The Morgan fingerprint density at radius 2 is 1.93 bits per heavy atom. The fourth-order valence-corrected chi connectivity index (χ4v) is 4.69. The minimum Gasteiger partial charge on any atom is -0.326 e. The van der Waals surface area contributed by atoms with Crippen molar-refractivity contribution in [3.05, 3.63) is 53.1 Å². The van der Waals surface area contributed by atoms with Gasteiger partial charge in [0.15, 0.2) is 9.84 Å². The van der Waals surface area contributed by atoms with E-state index >= 15 is 0 Å². The minimum atomic E-state index is -3.11. The number of amides is 2. The van der Waals surface area contributed by atoms with Gasteiger partial charge in [-0.1, -0.05) is 23.7 Å². The first kappa shape index (κ1) is 19.7. The number of nitrogens with one attached hydrogen (secondary N) is 2. The number of sulfone groups is 1. The molecule has 2 N–H and O–H groups in total. The normalized spacial score (nSPS) is 16.4. The zero-order valence-corrected chi connectivity index (χ0v) is 16.7. The number of fused-ring (bicyclic) bond motifs is 1. The Morgan fingerprint density at radius 3 is 2.59 bits per heavy atom. The average Bonchev–Trinajstić information content (AvgIpc) is 2.56. The highest BCUT2D eigenvalue weighted by Crippen LogP contribution is 2.38. The first-order valence-corrected chi connectivity index (χ1v) is 11.3. The monoisotopic (exact) mass is 424 g/mol. The number of halogens is 1. The first-order chi connectivity index (χ1) is 12.7. The molecule has 0 unspecified atom stereocenters. The van der Waals surface area contributed by atoms with Gasteiger partial charge in [-0.05, 0) is 35.9 Å². The van der Waals surface area contributed by atoms with Crippen LogP contribution in [-0.2, 0) is 25.2 Å². The smallest absolute Gasteiger partial charge is 0.238 e. The molecule has 0 saturated heterocycles. The van der Waals surface area contributed by atoms with E-state index in [1.807, 2.05) is 6.07 Å². The third-order valence-electron chi connectivity index (χ3n) is 3.80. The van der Waals surface area contributed by atoms with E-state index in [1.54, 1.807) is 36.4 Å². The zero-order valence-electron chi connectivity index (χ0n) is 14.4. The van der Waals surface area contributed by atoms with E-state index in [1.165, 1.54) is 18.0 Å². The van der Waals surface area contributed by atoms with Crippen molar-refractivity contribution in [1.29, 1.82) is 0 Å². The van der Waals surface area contributed by atoms with Gasteiger partial charge >= 0.3 is 0 Å². The van der Waals surface area contributed by atoms with E-state index < -0.39 is 15.1 Å². The van der Waals surface area contributed by atoms with Gasteiger partial charge in [0.2, 0.25) is 11.8 Å². The number of thioether (sulfide) groups is 1. The van der Waals surface area contributed by atoms with Crippen molar-refractivity contribution >= 4 is 56.4 Å². The second kappa shape index (κ2) is 7.92. The van der Waals surface area contributed by atoms with Crippen LogP contribution in [0.3, 0.4) is 0 Å². The molecule has 0 radical (unpaired) electrons. The maximum absolute atomic E-state index is 12.3. The van der Waals surface area contributed by atoms with Crippen molar-refractivity contribution in [3.8, 4) is 0 Å². The summed E-state index contributed by atoms with van der Waals surface area (Å²) >= 11 is 7.25. The molecule has 0 fully saturated rings. The number of anilines is 2. The van der Waals surface area contributed by atoms with Crippen molar-refractivity contribution in [1.82, 2.24) is 0 Å². The quantitative estimate of drug-likeness (QED) is 0.768. The molecule has 1 aliphatic heterocycles. The molecule has 142 valence electrons. The second-order valence-electron chi connectivity index (χ2n) is 6.26. The van der Waals surface area contributed by atoms with Crippen molar-refractivity contribution < 1.29 is 18.0 Å². The predicted octanol–water partition coefficient (Wildman–Crippen LogP) is 3.33. The Morgan fingerprint density at radius 1 is 1.22 bits per heavy atom. The summed E-state index contributed by atoms with van der Waals surface area (Å²) in [6, 6.07) is 11.8. The van der Waals surface area contributed by atoms with Crippen LogP contribution in [0, 0.1) is 0 Å². The van der Waals surface area contributed by atoms with Crippen LogP contribution < -0.4 is 10.6 Å². The molecule has 2 aromatic carbocycles. The molecule has 9 heteroatoms. The standard InChI is InChI=1S/C18H17ClN2O4S2/c1-27(24,25)10-11-2-5-13(6-3-11)20-17(22)9-16-18(23)21-14-8-12(19)4-7-15(14)26-16/h2-8,16H,9-10H2,1H3,(H,20,22)(H,21,23)/t16-/m1/s1. The van der Waals surface area contributed by atoms with E-state index in [0.29, 0.717) is 22.0 Å². The summed E-state index contributed by atoms with van der Waals surface area (Å²) in [5.41, 5.74) is 1.84. The van der Waals surface area contributed by atoms with Gasteiger partial charge in [0.05, 0.1) is 16.7 Å². The van der Waals surface area contributed by atoms with Gasteiger partial charge in [0.1, 0.15) is 0 Å². The molecule has 2 aromatic rings. The third kappa shape index (κ3) is 5.47. The fourth-order valence-electron chi connectivity index (χ4n) is 2.62. The van der Waals surface area contributed by atoms with Gasteiger partial charge in [0.25, 0.3) is 0 Å². The third-order valence-corrected chi connectivity index (χ3v) is 6.17. The first-order valence-electron chi connectivity index (χ1n) is 8.03. The van der Waals surface area contributed by atoms with Crippen LogP contribution in [0.25, 0.3) is 0 Å². The summed E-state index contributed by atoms with van der Waals surface area (Å²) in [4.78, 5) is 25.4. The number of benzene rings is 2. The SMILES string of the molecule is CS(=O)(=O)Cc1ccc(NC(=O)C[C@H]2Sc3ccc(Cl)cc3NC2=O)cc1. The topological polar surface area (TPSA) is 92.3 Å². The van der Waals surface area contributed by atoms with Crippen molar-refractivity contribution in [2.45, 2.75) is 22.3 Å². The molecular formula is C18H17ClN2O4S2. The van der Waals surface area contributed by atoms with Crippen LogP contribution in [0.1, 0.15) is 12.0 Å². The van der Waals surface area contributed by atoms with Gasteiger partial charge in [-0.3, -0.25) is 9.59 Å². The number of carbonyl (C=O) groups excluding carboxylic acids is 2. The Kier molecular flexibility index (Phi) is 5.78. The number of hydrogen-bond donors (Lipinski definition) is 2. The molecule has 0 bridgehead atoms. The lowest BCUT2D eigenvalue weighted by atomic mass is 10.2. The lowest BCUT2D eigenvalue weighted by Gasteiger charge is -2.23. The van der Waals surface area contributed by atoms with Gasteiger partial charge in [-0.2, -0.15) is 0 Å². The molecule has 0 saturated carbocycles. The second-order valence-corrected chi connectivity index (χ2v) is 10.1. The highest BCUT2D eigenvalue weighted by atomic mass is 35.5. The van der Waals surface area contributed by atoms with Crippen LogP contribution in [0.4, 0.5) is 11.4 Å². The number of carbonyl (C=O) groups is 2. The fraction of sp³-hybridized carbons (Fsp3) is 0.222. The lowest BCUT2D eigenvalue weighted by molar-refractivity contribution is -0.120. The zero-order chi connectivity index (χ0) is 19.6. The summed E-state index contributed by atoms with van der Waals surface area (Å²) in [6.07, 6.45) is 1.19. The van der Waals surface area contributed by atoms with Crippen LogP contribution >= 0.6 is 23.4 Å². The molecule has 2 amide bonds. The Balaban J connectivity index is 1.61. The molecule has 1 aliphatic rings. The van der Waals surface area contributed by atoms with E-state index in [9.17, 15) is 18.0 Å². The molecule has 6 nitrogen and oxygen atoms in total. The summed E-state index contributed by atoms with van der Waals surface area (Å²) in [6.45, 7) is 0. The molecule has 1 heterocycles. The maximum atomic E-state index is 12.3. The van der Waals surface area contributed by atoms with E-state index in [-0.39, 0.29) is 24.0 Å². The van der Waals surface area contributed by atoms with Gasteiger partial charge in [-0.25, -0.2) is 8.42 Å². The highest BCUT2D eigenvalue weighted by molar-refractivity contribution is 8.01. The Hall–Kier alpha value is -2.03. The van der Waals surface area contributed by atoms with Crippen molar-refractivity contribution in [2.24, 2.45) is 0 Å². The minimum absolute atomic E-state index is 0.0175. The number of rotatable bonds is 5. The maximum Gasteiger partial charge on any atom is 0.238 e. The van der Waals surface area contributed by atoms with Crippen LogP contribution in [0.5, 0.6) is 0 Å². The van der Waals surface area contributed by atoms with Gasteiger partial charge < -0.3 is 10.6 Å². The largest absolute Gasteiger partial charge is 0.326 e. The highest BCUT2D eigenvalue weighted by Gasteiger charge is 2.29. The molecule has 0 aromatic heterocycles. The summed E-state index contributed by atoms with van der Waals surface area (Å²) in [7, 11) is -3.11. The summed E-state index contributed by atoms with van der Waals surface area (Å²) in [5.74, 6) is -0.590. The number of hydrogen-bond acceptors (Lipinski definition) is 5. The van der Waals surface area contributed by atoms with Crippen molar-refractivity contribution in [3.63, 3.8) is 0 Å². The van der Waals surface area contributed by atoms with Gasteiger partial charge in [0, 0.05) is 28.3 Å². The molecule has 1 atom stereocenters. The lowest BCUT2D eigenvalue weighted by Crippen LogP contribution is -2.32. The van der Waals surface area contributed by atoms with E-state index in [0.717, 1.165) is 4.90 Å². The van der Waals surface area contributed by atoms with Crippen molar-refractivity contribution in [2.75, 3.05) is 16.9 Å². The van der Waals surface area contributed by atoms with Crippen LogP contribution in [0.15, 0.2) is 47.4 Å². The van der Waals surface area contributed by atoms with Crippen LogP contribution in [0.2, 0.25) is 5.02 Å². The summed E-state index contributed by atoms with van der Waals surface area (Å²) in [5, 5.41) is 5.49. The molecule has 0 aliphatic carbocycles. The molecule has 3 rings (SSSR count).